The van der Waals surface area contributed by atoms with Gasteiger partial charge in [-0.3, -0.25) is 9.69 Å². The average molecular weight is 598 g/mol. The molecule has 1 aromatic heterocycles. The van der Waals surface area contributed by atoms with E-state index in [2.05, 4.69) is 34.3 Å². The van der Waals surface area contributed by atoms with Gasteiger partial charge >= 0.3 is 6.18 Å². The number of hydrogen-bond acceptors (Lipinski definition) is 6. The van der Waals surface area contributed by atoms with Gasteiger partial charge in [-0.2, -0.15) is 13.2 Å². The third-order valence-electron chi connectivity index (χ3n) is 8.55. The summed E-state index contributed by atoms with van der Waals surface area (Å²) >= 11 is 0. The number of carbonyl (C=O) groups is 1. The fourth-order valence-corrected chi connectivity index (χ4v) is 6.15. The van der Waals surface area contributed by atoms with Crippen molar-refractivity contribution in [2.24, 2.45) is 5.73 Å². The summed E-state index contributed by atoms with van der Waals surface area (Å²) in [4.78, 5) is 14.0. The monoisotopic (exact) mass is 597 g/mol. The fourth-order valence-electron chi connectivity index (χ4n) is 6.15. The molecule has 2 aromatic carbocycles. The van der Waals surface area contributed by atoms with Gasteiger partial charge in [-0.25, -0.2) is 0 Å². The molecule has 43 heavy (non-hydrogen) atoms. The van der Waals surface area contributed by atoms with Crippen molar-refractivity contribution in [3.05, 3.63) is 53.7 Å². The number of anilines is 2. The predicted octanol–water partition coefficient (Wildman–Crippen LogP) is 5.22. The van der Waals surface area contributed by atoms with Crippen molar-refractivity contribution in [2.45, 2.75) is 56.9 Å². The first-order valence-corrected chi connectivity index (χ1v) is 14.6. The molecule has 0 radical (unpaired) electrons. The van der Waals surface area contributed by atoms with Gasteiger partial charge in [0.2, 0.25) is 5.91 Å². The highest BCUT2D eigenvalue weighted by atomic mass is 19.4. The summed E-state index contributed by atoms with van der Waals surface area (Å²) in [6.45, 7) is 4.79. The number of aromatic nitrogens is 1. The zero-order valence-electron chi connectivity index (χ0n) is 24.5. The molecule has 2 fully saturated rings. The molecule has 0 spiro atoms. The number of halogens is 3. The van der Waals surface area contributed by atoms with Crippen LogP contribution < -0.4 is 21.1 Å². The summed E-state index contributed by atoms with van der Waals surface area (Å²) in [5.74, 6) is 5.70. The van der Waals surface area contributed by atoms with Crippen LogP contribution in [0, 0.1) is 11.8 Å². The molecule has 0 unspecified atom stereocenters. The number of nitrogens with two attached hydrogens (primary N) is 1. The normalized spacial score (nSPS) is 21.2. The molecule has 1 aliphatic heterocycles. The van der Waals surface area contributed by atoms with Crippen molar-refractivity contribution in [3.8, 4) is 17.6 Å². The summed E-state index contributed by atoms with van der Waals surface area (Å²) in [7, 11) is 1.47. The van der Waals surface area contributed by atoms with Crippen molar-refractivity contribution < 1.29 is 27.4 Å². The van der Waals surface area contributed by atoms with Gasteiger partial charge in [0.05, 0.1) is 43.8 Å². The molecule has 0 bridgehead atoms. The summed E-state index contributed by atoms with van der Waals surface area (Å²) in [6, 6.07) is 12.1. The molecule has 5 rings (SSSR count). The Morgan fingerprint density at radius 2 is 1.88 bits per heavy atom. The van der Waals surface area contributed by atoms with E-state index in [1.807, 2.05) is 6.07 Å². The molecular weight excluding hydrogens is 559 g/mol. The van der Waals surface area contributed by atoms with E-state index in [4.69, 9.17) is 15.2 Å². The van der Waals surface area contributed by atoms with Crippen LogP contribution in [0.4, 0.5) is 24.5 Å². The molecule has 1 aliphatic carbocycles. The van der Waals surface area contributed by atoms with Gasteiger partial charge in [0.1, 0.15) is 12.3 Å². The van der Waals surface area contributed by atoms with Crippen molar-refractivity contribution in [3.63, 3.8) is 0 Å². The van der Waals surface area contributed by atoms with Crippen molar-refractivity contribution in [1.82, 2.24) is 9.47 Å². The van der Waals surface area contributed by atoms with Crippen LogP contribution in [-0.2, 0) is 11.3 Å². The molecule has 3 aromatic rings. The fraction of sp³-hybridized carbons (Fsp3) is 0.469. The van der Waals surface area contributed by atoms with Crippen LogP contribution >= 0.6 is 0 Å². The molecule has 230 valence electrons. The van der Waals surface area contributed by atoms with Crippen LogP contribution in [0.1, 0.15) is 48.7 Å². The second kappa shape index (κ2) is 12.8. The maximum atomic E-state index is 13.7. The lowest BCUT2D eigenvalue weighted by molar-refractivity contribution is -0.140. The SMILES string of the molecule is COc1cc(C(N)=O)ccc1NCC#Cc1cc2c(NC3CCC(C)(N4CCOCC4)CC3)cccc2n1CC(F)(F)F. The first-order valence-electron chi connectivity index (χ1n) is 14.6. The number of ether oxygens (including phenoxy) is 2. The van der Waals surface area contributed by atoms with Gasteiger partial charge < -0.3 is 30.4 Å². The van der Waals surface area contributed by atoms with E-state index in [0.29, 0.717) is 27.9 Å². The van der Waals surface area contributed by atoms with E-state index in [0.717, 1.165) is 57.7 Å². The van der Waals surface area contributed by atoms with E-state index in [1.54, 1.807) is 30.3 Å². The minimum atomic E-state index is -4.41. The number of hydrogen-bond donors (Lipinski definition) is 3. The van der Waals surface area contributed by atoms with Crippen molar-refractivity contribution >= 4 is 28.2 Å². The zero-order chi connectivity index (χ0) is 30.6. The lowest BCUT2D eigenvalue weighted by Crippen LogP contribution is -2.54. The molecule has 4 N–H and O–H groups in total. The minimum absolute atomic E-state index is 0.148. The minimum Gasteiger partial charge on any atom is -0.495 e. The number of methoxy groups -OCH3 is 1. The Kier molecular flexibility index (Phi) is 9.08. The number of amides is 1. The standard InChI is InChI=1S/C32H38F3N5O3/c1-31(39-15-17-43-18-16-39)12-10-23(11-13-31)38-26-6-3-7-28-25(26)20-24(40(28)21-32(33,34)35)5-4-14-37-27-9-8-22(30(36)41)19-29(27)42-2/h3,6-9,19-20,23,37-38H,10-18,21H2,1-2H3,(H2,36,41). The molecule has 1 saturated heterocycles. The quantitative estimate of drug-likeness (QED) is 0.309. The lowest BCUT2D eigenvalue weighted by Gasteiger charge is -2.47. The Balaban J connectivity index is 1.33. The van der Waals surface area contributed by atoms with E-state index in [-0.39, 0.29) is 23.8 Å². The third kappa shape index (κ3) is 7.20. The highest BCUT2D eigenvalue weighted by Crippen LogP contribution is 2.37. The topological polar surface area (TPSA) is 93.8 Å². The number of nitrogens with one attached hydrogen (secondary N) is 2. The summed E-state index contributed by atoms with van der Waals surface area (Å²) < 4.78 is 53.0. The highest BCUT2D eigenvalue weighted by Gasteiger charge is 2.37. The van der Waals surface area contributed by atoms with Crippen molar-refractivity contribution in [2.75, 3.05) is 50.6 Å². The molecule has 2 heterocycles. The Labute approximate surface area is 249 Å². The first kappa shape index (κ1) is 30.6. The Morgan fingerprint density at radius 3 is 2.56 bits per heavy atom. The number of alkyl halides is 3. The summed E-state index contributed by atoms with van der Waals surface area (Å²) in [5, 5.41) is 7.45. The number of primary amides is 1. The van der Waals surface area contributed by atoms with Crippen LogP contribution in [0.15, 0.2) is 42.5 Å². The van der Waals surface area contributed by atoms with Crippen LogP contribution in [-0.4, -0.2) is 73.1 Å². The van der Waals surface area contributed by atoms with Crippen LogP contribution in [0.2, 0.25) is 0 Å². The smallest absolute Gasteiger partial charge is 0.406 e. The van der Waals surface area contributed by atoms with Crippen LogP contribution in [0.25, 0.3) is 10.9 Å². The van der Waals surface area contributed by atoms with Gasteiger partial charge in [0.25, 0.3) is 0 Å². The highest BCUT2D eigenvalue weighted by molar-refractivity contribution is 5.94. The number of rotatable bonds is 8. The van der Waals surface area contributed by atoms with Gasteiger partial charge in [-0.15, -0.1) is 0 Å². The number of nitrogens with zero attached hydrogens (tertiary/aromatic N) is 2. The van der Waals surface area contributed by atoms with E-state index < -0.39 is 18.6 Å². The second-order valence-electron chi connectivity index (χ2n) is 11.4. The number of fused-ring (bicyclic) bond motifs is 1. The maximum absolute atomic E-state index is 13.7. The molecule has 0 atom stereocenters. The molecule has 2 aliphatic rings. The summed E-state index contributed by atoms with van der Waals surface area (Å²) in [5.41, 5.74) is 7.95. The molecule has 1 amide bonds. The Bertz CT molecular complexity index is 1510. The van der Waals surface area contributed by atoms with Gasteiger partial charge in [-0.1, -0.05) is 12.0 Å². The number of morpholine rings is 1. The van der Waals surface area contributed by atoms with E-state index in [9.17, 15) is 18.0 Å². The van der Waals surface area contributed by atoms with E-state index in [1.165, 1.54) is 17.7 Å². The third-order valence-corrected chi connectivity index (χ3v) is 8.55. The first-order chi connectivity index (χ1) is 20.6. The zero-order valence-corrected chi connectivity index (χ0v) is 24.5. The van der Waals surface area contributed by atoms with Crippen LogP contribution in [0.5, 0.6) is 5.75 Å². The Morgan fingerprint density at radius 1 is 1.14 bits per heavy atom. The summed E-state index contributed by atoms with van der Waals surface area (Å²) in [6.07, 6.45) is -0.344. The van der Waals surface area contributed by atoms with Crippen LogP contribution in [0.3, 0.4) is 0 Å². The second-order valence-corrected chi connectivity index (χ2v) is 11.4. The molecule has 8 nitrogen and oxygen atoms in total. The largest absolute Gasteiger partial charge is 0.495 e. The Hall–Kier alpha value is -3.88. The maximum Gasteiger partial charge on any atom is 0.406 e. The number of benzene rings is 2. The lowest BCUT2D eigenvalue weighted by atomic mass is 9.79. The molecular formula is C32H38F3N5O3. The van der Waals surface area contributed by atoms with Gasteiger partial charge in [0, 0.05) is 41.3 Å². The van der Waals surface area contributed by atoms with Gasteiger partial charge in [-0.05, 0) is 74.9 Å². The number of carbonyl (C=O) groups excluding carboxylic acids is 1. The van der Waals surface area contributed by atoms with Gasteiger partial charge in [0.15, 0.2) is 0 Å². The molecule has 1 saturated carbocycles. The van der Waals surface area contributed by atoms with Crippen molar-refractivity contribution in [1.29, 1.82) is 0 Å². The predicted molar refractivity (Wildman–Crippen MR) is 162 cm³/mol. The molecule has 11 heteroatoms. The average Bonchev–Trinajstić information content (AvgIpc) is 3.33. The van der Waals surface area contributed by atoms with E-state index >= 15 is 0 Å².